The third-order valence-electron chi connectivity index (χ3n) is 2.95. The number of hydrogen-bond donors (Lipinski definition) is 1. The van der Waals surface area contributed by atoms with Crippen LogP contribution in [0.5, 0.6) is 0 Å². The summed E-state index contributed by atoms with van der Waals surface area (Å²) in [5, 5.41) is 8.69. The number of thioether (sulfide) groups is 1. The first-order valence-corrected chi connectivity index (χ1v) is 7.20. The summed E-state index contributed by atoms with van der Waals surface area (Å²) >= 11 is 1.75. The quantitative estimate of drug-likeness (QED) is 0.800. The summed E-state index contributed by atoms with van der Waals surface area (Å²) in [7, 11) is 0. The van der Waals surface area contributed by atoms with Crippen molar-refractivity contribution in [3.05, 3.63) is 42.0 Å². The zero-order valence-corrected chi connectivity index (χ0v) is 11.1. The highest BCUT2D eigenvalue weighted by Gasteiger charge is 2.29. The Morgan fingerprint density at radius 2 is 1.94 bits per heavy atom. The molecule has 3 nitrogen and oxygen atoms in total. The molecule has 1 amide bonds. The molecule has 0 fully saturated rings. The van der Waals surface area contributed by atoms with Crippen LogP contribution < -0.4 is 0 Å². The van der Waals surface area contributed by atoms with E-state index in [0.717, 1.165) is 34.8 Å². The van der Waals surface area contributed by atoms with Gasteiger partial charge in [-0.2, -0.15) is 11.8 Å². The predicted molar refractivity (Wildman–Crippen MR) is 75.5 cm³/mol. The monoisotopic (exact) mass is 263 g/mol. The van der Waals surface area contributed by atoms with Gasteiger partial charge in [0.1, 0.15) is 0 Å². The van der Waals surface area contributed by atoms with Crippen LogP contribution in [-0.2, 0) is 0 Å². The number of aliphatic hydroxyl groups excluding tert-OH is 1. The van der Waals surface area contributed by atoms with Crippen molar-refractivity contribution in [2.24, 2.45) is 0 Å². The number of hydrogen-bond acceptors (Lipinski definition) is 3. The SMILES string of the molecule is C=C1c2ccccc2C(=O)N1CCSCCCO. The third kappa shape index (κ3) is 2.60. The smallest absolute Gasteiger partial charge is 0.258 e. The van der Waals surface area contributed by atoms with Gasteiger partial charge in [-0.3, -0.25) is 4.79 Å². The van der Waals surface area contributed by atoms with Gasteiger partial charge in [0.15, 0.2) is 0 Å². The Balaban J connectivity index is 1.93. The molecule has 4 heteroatoms. The second-order valence-electron chi connectivity index (χ2n) is 4.14. The molecule has 18 heavy (non-hydrogen) atoms. The maximum atomic E-state index is 12.1. The van der Waals surface area contributed by atoms with Crippen LogP contribution in [-0.4, -0.2) is 40.6 Å². The van der Waals surface area contributed by atoms with Crippen LogP contribution in [0.4, 0.5) is 0 Å². The Morgan fingerprint density at radius 3 is 2.61 bits per heavy atom. The average Bonchev–Trinajstić information content (AvgIpc) is 2.64. The minimum absolute atomic E-state index is 0.0540. The lowest BCUT2D eigenvalue weighted by molar-refractivity contribution is 0.0857. The van der Waals surface area contributed by atoms with Gasteiger partial charge in [-0.05, 0) is 18.2 Å². The Hall–Kier alpha value is -1.26. The first-order chi connectivity index (χ1) is 8.75. The molecule has 1 N–H and O–H groups in total. The fraction of sp³-hybridized carbons (Fsp3) is 0.357. The molecule has 0 aliphatic carbocycles. The van der Waals surface area contributed by atoms with E-state index in [1.165, 1.54) is 0 Å². The fourth-order valence-corrected chi connectivity index (χ4v) is 2.84. The summed E-state index contributed by atoms with van der Waals surface area (Å²) in [4.78, 5) is 13.9. The Morgan fingerprint density at radius 1 is 1.22 bits per heavy atom. The van der Waals surface area contributed by atoms with Crippen molar-refractivity contribution in [2.45, 2.75) is 6.42 Å². The Labute approximate surface area is 111 Å². The maximum Gasteiger partial charge on any atom is 0.258 e. The van der Waals surface area contributed by atoms with E-state index in [-0.39, 0.29) is 12.5 Å². The molecular weight excluding hydrogens is 246 g/mol. The van der Waals surface area contributed by atoms with Gasteiger partial charge in [0.2, 0.25) is 0 Å². The summed E-state index contributed by atoms with van der Waals surface area (Å²) in [6, 6.07) is 7.59. The van der Waals surface area contributed by atoms with Gasteiger partial charge in [0.25, 0.3) is 5.91 Å². The minimum Gasteiger partial charge on any atom is -0.396 e. The second-order valence-corrected chi connectivity index (χ2v) is 5.36. The van der Waals surface area contributed by atoms with Crippen molar-refractivity contribution in [3.63, 3.8) is 0 Å². The maximum absolute atomic E-state index is 12.1. The molecule has 0 spiro atoms. The number of rotatable bonds is 6. The van der Waals surface area contributed by atoms with E-state index in [9.17, 15) is 4.79 Å². The van der Waals surface area contributed by atoms with Crippen LogP contribution in [0.3, 0.4) is 0 Å². The van der Waals surface area contributed by atoms with Crippen LogP contribution in [0.15, 0.2) is 30.8 Å². The number of benzene rings is 1. The molecule has 1 aromatic rings. The molecule has 1 aliphatic heterocycles. The first-order valence-electron chi connectivity index (χ1n) is 6.04. The summed E-state index contributed by atoms with van der Waals surface area (Å²) in [5.41, 5.74) is 2.50. The second kappa shape index (κ2) is 6.07. The number of carbonyl (C=O) groups excluding carboxylic acids is 1. The topological polar surface area (TPSA) is 40.5 Å². The van der Waals surface area contributed by atoms with Crippen molar-refractivity contribution in [1.82, 2.24) is 4.90 Å². The highest BCUT2D eigenvalue weighted by Crippen LogP contribution is 2.30. The van der Waals surface area contributed by atoms with Gasteiger partial charge in [-0.25, -0.2) is 0 Å². The van der Waals surface area contributed by atoms with Gasteiger partial charge in [0, 0.05) is 35.7 Å². The first kappa shape index (κ1) is 13.2. The third-order valence-corrected chi connectivity index (χ3v) is 3.99. The molecule has 0 unspecified atom stereocenters. The number of nitrogens with zero attached hydrogens (tertiary/aromatic N) is 1. The predicted octanol–water partition coefficient (Wildman–Crippen LogP) is 2.23. The molecule has 0 saturated heterocycles. The van der Waals surface area contributed by atoms with Crippen molar-refractivity contribution in [1.29, 1.82) is 0 Å². The van der Waals surface area contributed by atoms with Crippen LogP contribution in [0.1, 0.15) is 22.3 Å². The summed E-state index contributed by atoms with van der Waals surface area (Å²) in [6.07, 6.45) is 0.805. The minimum atomic E-state index is 0.0540. The number of fused-ring (bicyclic) bond motifs is 1. The van der Waals surface area contributed by atoms with Crippen LogP contribution in [0.2, 0.25) is 0 Å². The number of carbonyl (C=O) groups is 1. The zero-order valence-electron chi connectivity index (χ0n) is 10.3. The molecule has 1 aliphatic rings. The molecule has 96 valence electrons. The van der Waals surface area contributed by atoms with E-state index in [2.05, 4.69) is 6.58 Å². The molecule has 0 aromatic heterocycles. The van der Waals surface area contributed by atoms with Crippen molar-refractivity contribution >= 4 is 23.4 Å². The van der Waals surface area contributed by atoms with E-state index in [4.69, 9.17) is 5.11 Å². The van der Waals surface area contributed by atoms with Crippen LogP contribution in [0, 0.1) is 0 Å². The molecule has 2 rings (SSSR count). The molecule has 0 radical (unpaired) electrons. The Kier molecular flexibility index (Phi) is 4.44. The summed E-state index contributed by atoms with van der Waals surface area (Å²) in [6.45, 7) is 4.91. The lowest BCUT2D eigenvalue weighted by Crippen LogP contribution is -2.25. The molecule has 1 heterocycles. The fourth-order valence-electron chi connectivity index (χ4n) is 2.00. The summed E-state index contributed by atoms with van der Waals surface area (Å²) < 4.78 is 0. The van der Waals surface area contributed by atoms with E-state index >= 15 is 0 Å². The number of amides is 1. The standard InChI is InChI=1S/C14H17NO2S/c1-11-12-5-2-3-6-13(12)14(17)15(11)7-10-18-9-4-8-16/h2-3,5-6,16H,1,4,7-10H2. The van der Waals surface area contributed by atoms with Crippen molar-refractivity contribution < 1.29 is 9.90 Å². The van der Waals surface area contributed by atoms with E-state index in [1.807, 2.05) is 24.3 Å². The van der Waals surface area contributed by atoms with Crippen LogP contribution in [0.25, 0.3) is 5.70 Å². The zero-order chi connectivity index (χ0) is 13.0. The largest absolute Gasteiger partial charge is 0.396 e. The van der Waals surface area contributed by atoms with Gasteiger partial charge in [-0.15, -0.1) is 0 Å². The lowest BCUT2D eigenvalue weighted by atomic mass is 10.1. The van der Waals surface area contributed by atoms with E-state index in [1.54, 1.807) is 16.7 Å². The average molecular weight is 263 g/mol. The van der Waals surface area contributed by atoms with Gasteiger partial charge in [0.05, 0.1) is 0 Å². The Bertz CT molecular complexity index is 424. The summed E-state index contributed by atoms with van der Waals surface area (Å²) in [5.74, 6) is 1.86. The van der Waals surface area contributed by atoms with Gasteiger partial charge < -0.3 is 10.0 Å². The molecule has 0 bridgehead atoms. The van der Waals surface area contributed by atoms with E-state index < -0.39 is 0 Å². The van der Waals surface area contributed by atoms with Crippen molar-refractivity contribution in [3.8, 4) is 0 Å². The molecule has 0 atom stereocenters. The highest BCUT2D eigenvalue weighted by atomic mass is 32.2. The van der Waals surface area contributed by atoms with Gasteiger partial charge in [-0.1, -0.05) is 24.8 Å². The normalized spacial score (nSPS) is 14.2. The number of aliphatic hydroxyl groups is 1. The van der Waals surface area contributed by atoms with Crippen LogP contribution >= 0.6 is 11.8 Å². The van der Waals surface area contributed by atoms with Crippen molar-refractivity contribution in [2.75, 3.05) is 24.7 Å². The molecular formula is C14H17NO2S. The van der Waals surface area contributed by atoms with E-state index in [0.29, 0.717) is 6.54 Å². The highest BCUT2D eigenvalue weighted by molar-refractivity contribution is 7.99. The van der Waals surface area contributed by atoms with Gasteiger partial charge >= 0.3 is 0 Å². The molecule has 1 aromatic carbocycles. The lowest BCUT2D eigenvalue weighted by Gasteiger charge is -2.16. The molecule has 0 saturated carbocycles.